The minimum Gasteiger partial charge on any atom is -0.395 e. The van der Waals surface area contributed by atoms with Crippen molar-refractivity contribution in [3.05, 3.63) is 35.4 Å². The van der Waals surface area contributed by atoms with Gasteiger partial charge in [0.05, 0.1) is 25.4 Å². The van der Waals surface area contributed by atoms with E-state index in [1.54, 1.807) is 6.07 Å². The van der Waals surface area contributed by atoms with Crippen molar-refractivity contribution >= 4 is 0 Å². The number of hydrogen-bond donors (Lipinski definition) is 1. The number of halogens is 3. The molecule has 0 atom stereocenters. The van der Waals surface area contributed by atoms with Crippen molar-refractivity contribution in [1.82, 2.24) is 9.80 Å². The van der Waals surface area contributed by atoms with Gasteiger partial charge in [-0.15, -0.1) is 0 Å². The molecule has 0 unspecified atom stereocenters. The summed E-state index contributed by atoms with van der Waals surface area (Å²) in [5.74, 6) is 0. The van der Waals surface area contributed by atoms with Crippen molar-refractivity contribution in [2.75, 3.05) is 52.5 Å². The van der Waals surface area contributed by atoms with Crippen LogP contribution in [0.4, 0.5) is 13.2 Å². The van der Waals surface area contributed by atoms with Crippen molar-refractivity contribution in [3.8, 4) is 0 Å². The minimum absolute atomic E-state index is 0.0721. The standard InChI is InChI=1S/C16H23F3N2O2/c17-16(18,19)15-4-2-1-3-14(15)13-21(7-10-22)6-5-20-8-11-23-12-9-20/h1-4,22H,5-13H2. The molecule has 0 aliphatic carbocycles. The average Bonchev–Trinajstić information content (AvgIpc) is 2.53. The van der Waals surface area contributed by atoms with Gasteiger partial charge < -0.3 is 9.84 Å². The van der Waals surface area contributed by atoms with Gasteiger partial charge in [-0.05, 0) is 11.6 Å². The van der Waals surface area contributed by atoms with E-state index in [1.807, 2.05) is 4.90 Å². The van der Waals surface area contributed by atoms with Crippen molar-refractivity contribution < 1.29 is 23.0 Å². The van der Waals surface area contributed by atoms with E-state index < -0.39 is 11.7 Å². The Balaban J connectivity index is 1.98. The highest BCUT2D eigenvalue weighted by atomic mass is 19.4. The summed E-state index contributed by atoms with van der Waals surface area (Å²) in [6, 6.07) is 5.62. The monoisotopic (exact) mass is 332 g/mol. The van der Waals surface area contributed by atoms with Crippen LogP contribution in [0.3, 0.4) is 0 Å². The van der Waals surface area contributed by atoms with E-state index in [4.69, 9.17) is 4.74 Å². The van der Waals surface area contributed by atoms with Crippen LogP contribution in [-0.2, 0) is 17.5 Å². The Kier molecular flexibility index (Phi) is 6.83. The molecule has 1 N–H and O–H groups in total. The van der Waals surface area contributed by atoms with E-state index in [0.29, 0.717) is 26.3 Å². The van der Waals surface area contributed by atoms with Crippen LogP contribution >= 0.6 is 0 Å². The zero-order valence-electron chi connectivity index (χ0n) is 13.1. The molecular weight excluding hydrogens is 309 g/mol. The quantitative estimate of drug-likeness (QED) is 0.826. The summed E-state index contributed by atoms with van der Waals surface area (Å²) in [5, 5.41) is 9.18. The van der Waals surface area contributed by atoms with Gasteiger partial charge in [-0.1, -0.05) is 18.2 Å². The highest BCUT2D eigenvalue weighted by Crippen LogP contribution is 2.32. The Bertz CT molecular complexity index is 477. The molecule has 0 amide bonds. The summed E-state index contributed by atoms with van der Waals surface area (Å²) < 4.78 is 44.5. The third-order valence-corrected chi connectivity index (χ3v) is 3.97. The third kappa shape index (κ3) is 5.76. The molecule has 1 aromatic rings. The lowest BCUT2D eigenvalue weighted by Crippen LogP contribution is -2.42. The lowest BCUT2D eigenvalue weighted by Gasteiger charge is -2.30. The van der Waals surface area contributed by atoms with Crippen molar-refractivity contribution in [3.63, 3.8) is 0 Å². The maximum Gasteiger partial charge on any atom is 0.416 e. The Hall–Kier alpha value is -1.15. The van der Waals surface area contributed by atoms with E-state index >= 15 is 0 Å². The van der Waals surface area contributed by atoms with Crippen LogP contribution in [0.15, 0.2) is 24.3 Å². The summed E-state index contributed by atoms with van der Waals surface area (Å²) in [6.07, 6.45) is -4.36. The Morgan fingerprint density at radius 1 is 1.13 bits per heavy atom. The van der Waals surface area contributed by atoms with Crippen LogP contribution in [0, 0.1) is 0 Å². The second-order valence-corrected chi connectivity index (χ2v) is 5.61. The number of aliphatic hydroxyl groups is 1. The van der Waals surface area contributed by atoms with E-state index in [0.717, 1.165) is 25.7 Å². The molecule has 2 rings (SSSR count). The van der Waals surface area contributed by atoms with Gasteiger partial charge in [-0.25, -0.2) is 0 Å². The first-order valence-electron chi connectivity index (χ1n) is 7.79. The average molecular weight is 332 g/mol. The Labute approximate surface area is 134 Å². The first kappa shape index (κ1) is 18.2. The first-order valence-corrected chi connectivity index (χ1v) is 7.79. The fraction of sp³-hybridized carbons (Fsp3) is 0.625. The molecule has 7 heteroatoms. The van der Waals surface area contributed by atoms with Crippen LogP contribution in [0.5, 0.6) is 0 Å². The van der Waals surface area contributed by atoms with Crippen molar-refractivity contribution in [2.45, 2.75) is 12.7 Å². The summed E-state index contributed by atoms with van der Waals surface area (Å²) in [4.78, 5) is 4.09. The fourth-order valence-electron chi connectivity index (χ4n) is 2.69. The molecule has 4 nitrogen and oxygen atoms in total. The third-order valence-electron chi connectivity index (χ3n) is 3.97. The Morgan fingerprint density at radius 3 is 2.48 bits per heavy atom. The molecule has 1 aliphatic rings. The van der Waals surface area contributed by atoms with Gasteiger partial charge in [0.15, 0.2) is 0 Å². The second kappa shape index (κ2) is 8.63. The second-order valence-electron chi connectivity index (χ2n) is 5.61. The topological polar surface area (TPSA) is 35.9 Å². The maximum atomic E-state index is 13.1. The number of hydrogen-bond acceptors (Lipinski definition) is 4. The van der Waals surface area contributed by atoms with E-state index in [9.17, 15) is 18.3 Å². The SMILES string of the molecule is OCCN(CCN1CCOCC1)Cc1ccccc1C(F)(F)F. The molecule has 1 saturated heterocycles. The van der Waals surface area contributed by atoms with E-state index in [-0.39, 0.29) is 18.7 Å². The number of alkyl halides is 3. The smallest absolute Gasteiger partial charge is 0.395 e. The van der Waals surface area contributed by atoms with Crippen LogP contribution in [0.25, 0.3) is 0 Å². The summed E-state index contributed by atoms with van der Waals surface area (Å²) in [5.41, 5.74) is -0.357. The molecule has 23 heavy (non-hydrogen) atoms. The normalized spacial score (nSPS) is 16.9. The van der Waals surface area contributed by atoms with Gasteiger partial charge >= 0.3 is 6.18 Å². The highest BCUT2D eigenvalue weighted by Gasteiger charge is 2.33. The van der Waals surface area contributed by atoms with Gasteiger partial charge in [0.25, 0.3) is 0 Å². The van der Waals surface area contributed by atoms with Crippen LogP contribution < -0.4 is 0 Å². The predicted molar refractivity (Wildman–Crippen MR) is 81.1 cm³/mol. The molecule has 130 valence electrons. The van der Waals surface area contributed by atoms with Gasteiger partial charge in [-0.2, -0.15) is 13.2 Å². The molecule has 0 radical (unpaired) electrons. The molecule has 1 aliphatic heterocycles. The lowest BCUT2D eigenvalue weighted by molar-refractivity contribution is -0.138. The molecule has 1 aromatic carbocycles. The minimum atomic E-state index is -4.36. The number of rotatable bonds is 7. The van der Waals surface area contributed by atoms with Gasteiger partial charge in [0, 0.05) is 39.3 Å². The summed E-state index contributed by atoms with van der Waals surface area (Å²) >= 11 is 0. The summed E-state index contributed by atoms with van der Waals surface area (Å²) in [6.45, 7) is 4.91. The number of aliphatic hydroxyl groups excluding tert-OH is 1. The number of morpholine rings is 1. The zero-order chi connectivity index (χ0) is 16.7. The van der Waals surface area contributed by atoms with E-state index in [1.165, 1.54) is 12.1 Å². The highest BCUT2D eigenvalue weighted by molar-refractivity contribution is 5.29. The van der Waals surface area contributed by atoms with Gasteiger partial charge in [-0.3, -0.25) is 9.80 Å². The largest absolute Gasteiger partial charge is 0.416 e. The summed E-state index contributed by atoms with van der Waals surface area (Å²) in [7, 11) is 0. The molecule has 1 heterocycles. The van der Waals surface area contributed by atoms with Gasteiger partial charge in [0.1, 0.15) is 0 Å². The Morgan fingerprint density at radius 2 is 1.83 bits per heavy atom. The molecule has 0 spiro atoms. The van der Waals surface area contributed by atoms with Crippen LogP contribution in [-0.4, -0.2) is 67.5 Å². The molecule has 1 fully saturated rings. The van der Waals surface area contributed by atoms with Gasteiger partial charge in [0.2, 0.25) is 0 Å². The predicted octanol–water partition coefficient (Wildman–Crippen LogP) is 1.83. The van der Waals surface area contributed by atoms with Crippen LogP contribution in [0.1, 0.15) is 11.1 Å². The number of ether oxygens (including phenoxy) is 1. The zero-order valence-corrected chi connectivity index (χ0v) is 13.1. The lowest BCUT2D eigenvalue weighted by atomic mass is 10.1. The van der Waals surface area contributed by atoms with Crippen molar-refractivity contribution in [2.24, 2.45) is 0 Å². The number of benzene rings is 1. The molecule has 0 aromatic heterocycles. The molecule has 0 saturated carbocycles. The fourth-order valence-corrected chi connectivity index (χ4v) is 2.69. The maximum absolute atomic E-state index is 13.1. The number of nitrogens with zero attached hydrogens (tertiary/aromatic N) is 2. The molecular formula is C16H23F3N2O2. The first-order chi connectivity index (χ1) is 11.0. The van der Waals surface area contributed by atoms with Crippen LogP contribution in [0.2, 0.25) is 0 Å². The van der Waals surface area contributed by atoms with Crippen molar-refractivity contribution in [1.29, 1.82) is 0 Å². The van der Waals surface area contributed by atoms with E-state index in [2.05, 4.69) is 4.90 Å². The molecule has 0 bridgehead atoms.